The number of rotatable bonds is 5. The molecule has 0 saturated carbocycles. The number of nitrogens with zero attached hydrogens (tertiary/aromatic N) is 3. The number of nitrogens with one attached hydrogen (secondary N) is 1. The van der Waals surface area contributed by atoms with Gasteiger partial charge in [0.1, 0.15) is 12.2 Å². The van der Waals surface area contributed by atoms with Crippen molar-refractivity contribution in [2.24, 2.45) is 0 Å². The quantitative estimate of drug-likeness (QED) is 0.854. The average Bonchev–Trinajstić information content (AvgIpc) is 2.81. The number of aromatic nitrogens is 3. The van der Waals surface area contributed by atoms with Gasteiger partial charge in [-0.1, -0.05) is 37.3 Å². The summed E-state index contributed by atoms with van der Waals surface area (Å²) in [5, 5.41) is 7.56. The molecular weight excluding hydrogens is 212 g/mol. The molecule has 1 unspecified atom stereocenters. The highest BCUT2D eigenvalue weighted by molar-refractivity contribution is 5.24. The van der Waals surface area contributed by atoms with Gasteiger partial charge in [0, 0.05) is 6.54 Å². The Morgan fingerprint density at radius 1 is 1.29 bits per heavy atom. The molecular formula is C13H18N4. The molecule has 2 rings (SSSR count). The summed E-state index contributed by atoms with van der Waals surface area (Å²) in [5.74, 6) is 0.973. The van der Waals surface area contributed by atoms with Gasteiger partial charge in [-0.05, 0) is 19.0 Å². The van der Waals surface area contributed by atoms with Crippen LogP contribution in [0.2, 0.25) is 0 Å². The van der Waals surface area contributed by atoms with Gasteiger partial charge in [0.05, 0.1) is 6.04 Å². The molecule has 0 fully saturated rings. The Morgan fingerprint density at radius 3 is 2.71 bits per heavy atom. The van der Waals surface area contributed by atoms with Crippen LogP contribution in [0.3, 0.4) is 0 Å². The van der Waals surface area contributed by atoms with Crippen molar-refractivity contribution in [1.82, 2.24) is 20.1 Å². The van der Waals surface area contributed by atoms with Gasteiger partial charge in [-0.3, -0.25) is 0 Å². The molecule has 1 aromatic heterocycles. The zero-order valence-corrected chi connectivity index (χ0v) is 10.3. The van der Waals surface area contributed by atoms with Crippen molar-refractivity contribution in [2.75, 3.05) is 7.05 Å². The van der Waals surface area contributed by atoms with Crippen molar-refractivity contribution < 1.29 is 0 Å². The first kappa shape index (κ1) is 11.8. The van der Waals surface area contributed by atoms with E-state index in [0.29, 0.717) is 0 Å². The molecule has 1 heterocycles. The second-order valence-corrected chi connectivity index (χ2v) is 3.97. The first-order valence-electron chi connectivity index (χ1n) is 5.96. The predicted molar refractivity (Wildman–Crippen MR) is 67.7 cm³/mol. The minimum Gasteiger partial charge on any atom is -0.307 e. The second-order valence-electron chi connectivity index (χ2n) is 3.97. The van der Waals surface area contributed by atoms with Gasteiger partial charge in [0.25, 0.3) is 0 Å². The number of hydrogen-bond donors (Lipinski definition) is 1. The lowest BCUT2D eigenvalue weighted by atomic mass is 10.1. The van der Waals surface area contributed by atoms with Crippen LogP contribution in [0, 0.1) is 0 Å². The average molecular weight is 230 g/mol. The topological polar surface area (TPSA) is 42.7 Å². The van der Waals surface area contributed by atoms with Gasteiger partial charge in [0.2, 0.25) is 0 Å². The van der Waals surface area contributed by atoms with Crippen LogP contribution in [-0.4, -0.2) is 21.8 Å². The summed E-state index contributed by atoms with van der Waals surface area (Å²) in [6.07, 6.45) is 2.68. The Morgan fingerprint density at radius 2 is 2.06 bits per heavy atom. The van der Waals surface area contributed by atoms with Gasteiger partial charge in [-0.25, -0.2) is 9.67 Å². The van der Waals surface area contributed by atoms with Gasteiger partial charge in [0.15, 0.2) is 0 Å². The monoisotopic (exact) mass is 230 g/mol. The van der Waals surface area contributed by atoms with Crippen LogP contribution in [-0.2, 0) is 6.54 Å². The van der Waals surface area contributed by atoms with Crippen molar-refractivity contribution in [3.05, 3.63) is 48.0 Å². The van der Waals surface area contributed by atoms with Crippen molar-refractivity contribution in [2.45, 2.75) is 25.9 Å². The predicted octanol–water partition coefficient (Wildman–Crippen LogP) is 2.00. The Kier molecular flexibility index (Phi) is 3.88. The van der Waals surface area contributed by atoms with Crippen LogP contribution < -0.4 is 5.32 Å². The molecule has 0 aliphatic heterocycles. The Hall–Kier alpha value is -1.68. The van der Waals surface area contributed by atoms with Crippen molar-refractivity contribution in [1.29, 1.82) is 0 Å². The highest BCUT2D eigenvalue weighted by atomic mass is 15.3. The molecule has 4 heteroatoms. The molecule has 0 saturated heterocycles. The fourth-order valence-corrected chi connectivity index (χ4v) is 1.97. The van der Waals surface area contributed by atoms with Crippen LogP contribution in [0.4, 0.5) is 0 Å². The number of hydrogen-bond acceptors (Lipinski definition) is 3. The smallest absolute Gasteiger partial charge is 0.148 e. The zero-order chi connectivity index (χ0) is 12.1. The third kappa shape index (κ3) is 2.53. The maximum Gasteiger partial charge on any atom is 0.148 e. The van der Waals surface area contributed by atoms with Gasteiger partial charge in [-0.15, -0.1) is 0 Å². The lowest BCUT2D eigenvalue weighted by molar-refractivity contribution is 0.525. The molecule has 0 aliphatic carbocycles. The molecule has 1 atom stereocenters. The van der Waals surface area contributed by atoms with E-state index in [0.717, 1.165) is 18.8 Å². The molecule has 0 amide bonds. The fourth-order valence-electron chi connectivity index (χ4n) is 1.97. The molecule has 17 heavy (non-hydrogen) atoms. The molecule has 1 aromatic carbocycles. The standard InChI is InChI=1S/C13H18N4/c1-3-9-17-13(15-10-16-17)12(14-2)11-7-5-4-6-8-11/h4-8,10,12,14H,3,9H2,1-2H3. The van der Waals surface area contributed by atoms with Crippen LogP contribution in [0.15, 0.2) is 36.7 Å². The molecule has 1 N–H and O–H groups in total. The van der Waals surface area contributed by atoms with E-state index in [1.54, 1.807) is 6.33 Å². The Balaban J connectivity index is 2.32. The molecule has 0 radical (unpaired) electrons. The Bertz CT molecular complexity index is 449. The third-order valence-corrected chi connectivity index (χ3v) is 2.76. The van der Waals surface area contributed by atoms with E-state index in [-0.39, 0.29) is 6.04 Å². The van der Waals surface area contributed by atoms with E-state index in [1.807, 2.05) is 29.9 Å². The van der Waals surface area contributed by atoms with Crippen molar-refractivity contribution in [3.8, 4) is 0 Å². The summed E-state index contributed by atoms with van der Waals surface area (Å²) in [6, 6.07) is 10.4. The minimum atomic E-state index is 0.102. The molecule has 2 aromatic rings. The molecule has 4 nitrogen and oxygen atoms in total. The van der Waals surface area contributed by atoms with Crippen molar-refractivity contribution in [3.63, 3.8) is 0 Å². The lowest BCUT2D eigenvalue weighted by Gasteiger charge is -2.16. The second kappa shape index (κ2) is 5.59. The first-order chi connectivity index (χ1) is 8.36. The van der Waals surface area contributed by atoms with E-state index < -0.39 is 0 Å². The highest BCUT2D eigenvalue weighted by Crippen LogP contribution is 2.19. The van der Waals surface area contributed by atoms with E-state index in [9.17, 15) is 0 Å². The summed E-state index contributed by atoms with van der Waals surface area (Å²) in [4.78, 5) is 4.37. The largest absolute Gasteiger partial charge is 0.307 e. The lowest BCUT2D eigenvalue weighted by Crippen LogP contribution is -2.22. The first-order valence-corrected chi connectivity index (χ1v) is 5.96. The Labute approximate surface area is 102 Å². The maximum atomic E-state index is 4.37. The summed E-state index contributed by atoms with van der Waals surface area (Å²) < 4.78 is 1.97. The van der Waals surface area contributed by atoms with E-state index >= 15 is 0 Å². The van der Waals surface area contributed by atoms with Gasteiger partial charge < -0.3 is 5.32 Å². The van der Waals surface area contributed by atoms with Crippen LogP contribution in [0.5, 0.6) is 0 Å². The van der Waals surface area contributed by atoms with Crippen LogP contribution >= 0.6 is 0 Å². The normalized spacial score (nSPS) is 12.6. The molecule has 90 valence electrons. The maximum absolute atomic E-state index is 4.37. The fraction of sp³-hybridized carbons (Fsp3) is 0.385. The summed E-state index contributed by atoms with van der Waals surface area (Å²) in [5.41, 5.74) is 1.21. The molecule has 0 spiro atoms. The van der Waals surface area contributed by atoms with E-state index in [1.165, 1.54) is 5.56 Å². The summed E-state index contributed by atoms with van der Waals surface area (Å²) in [7, 11) is 1.95. The number of aryl methyl sites for hydroxylation is 1. The van der Waals surface area contributed by atoms with Crippen LogP contribution in [0.1, 0.15) is 30.8 Å². The molecule has 0 bridgehead atoms. The third-order valence-electron chi connectivity index (χ3n) is 2.76. The summed E-state index contributed by atoms with van der Waals surface area (Å²) >= 11 is 0. The van der Waals surface area contributed by atoms with E-state index in [2.05, 4.69) is 34.5 Å². The minimum absolute atomic E-state index is 0.102. The summed E-state index contributed by atoms with van der Waals surface area (Å²) in [6.45, 7) is 3.04. The van der Waals surface area contributed by atoms with Crippen molar-refractivity contribution >= 4 is 0 Å². The van der Waals surface area contributed by atoms with Crippen LogP contribution in [0.25, 0.3) is 0 Å². The zero-order valence-electron chi connectivity index (χ0n) is 10.3. The highest BCUT2D eigenvalue weighted by Gasteiger charge is 2.17. The van der Waals surface area contributed by atoms with Gasteiger partial charge >= 0.3 is 0 Å². The van der Waals surface area contributed by atoms with E-state index in [4.69, 9.17) is 0 Å². The van der Waals surface area contributed by atoms with Gasteiger partial charge in [-0.2, -0.15) is 5.10 Å². The molecule has 0 aliphatic rings. The SMILES string of the molecule is CCCn1ncnc1C(NC)c1ccccc1. The number of benzene rings is 1.